The minimum absolute atomic E-state index is 0.332. The Morgan fingerprint density at radius 2 is 2.40 bits per heavy atom. The highest BCUT2D eigenvalue weighted by Gasteiger charge is 2.10. The van der Waals surface area contributed by atoms with Gasteiger partial charge in [0.15, 0.2) is 0 Å². The van der Waals surface area contributed by atoms with Crippen molar-refractivity contribution in [2.24, 2.45) is 0 Å². The van der Waals surface area contributed by atoms with Crippen LogP contribution in [0, 0.1) is 0 Å². The highest BCUT2D eigenvalue weighted by Crippen LogP contribution is 1.95. The van der Waals surface area contributed by atoms with Crippen LogP contribution in [0.25, 0.3) is 0 Å². The number of halogens is 1. The number of esters is 1. The Balaban J connectivity index is 3.22. The Bertz CT molecular complexity index is 103. The second-order valence-corrected chi connectivity index (χ2v) is 2.27. The molecule has 0 rings (SSSR count). The fourth-order valence-corrected chi connectivity index (χ4v) is 0.449. The van der Waals surface area contributed by atoms with Crippen molar-refractivity contribution in [3.63, 3.8) is 0 Å². The third-order valence-corrected chi connectivity index (χ3v) is 1.11. The maximum absolute atomic E-state index is 10.4. The Hall–Kier alpha value is -0.280. The molecule has 0 bridgehead atoms. The minimum Gasteiger partial charge on any atom is -0.463 e. The van der Waals surface area contributed by atoms with Gasteiger partial charge in [-0.15, -0.1) is 0 Å². The second kappa shape index (κ2) is 5.50. The van der Waals surface area contributed by atoms with Crippen molar-refractivity contribution in [1.82, 2.24) is 0 Å². The van der Waals surface area contributed by atoms with E-state index in [-0.39, 0.29) is 0 Å². The summed E-state index contributed by atoms with van der Waals surface area (Å²) in [4.78, 5) is 10.4. The number of unbranched alkanes of at least 4 members (excludes halogenated alkanes) is 1. The molecular weight excluding hydrogens is 156 g/mol. The molecule has 0 aliphatic rings. The van der Waals surface area contributed by atoms with E-state index in [1.54, 1.807) is 0 Å². The zero-order valence-electron chi connectivity index (χ0n) is 5.84. The molecule has 0 aromatic heterocycles. The first-order chi connectivity index (χ1) is 4.68. The van der Waals surface area contributed by atoms with Crippen LogP contribution in [0.1, 0.15) is 19.8 Å². The Kier molecular flexibility index (Phi) is 5.35. The molecule has 1 unspecified atom stereocenters. The summed E-state index contributed by atoms with van der Waals surface area (Å²) in [6, 6.07) is 0. The fourth-order valence-electron chi connectivity index (χ4n) is 0.386. The molecule has 0 aromatic rings. The van der Waals surface area contributed by atoms with Gasteiger partial charge >= 0.3 is 5.97 Å². The predicted molar refractivity (Wildman–Crippen MR) is 37.7 cm³/mol. The number of carbonyl (C=O) groups is 1. The van der Waals surface area contributed by atoms with E-state index in [1.165, 1.54) is 0 Å². The molecule has 3 nitrogen and oxygen atoms in total. The number of carbonyl (C=O) groups excluding carboxylic acids is 1. The monoisotopic (exact) mass is 166 g/mol. The first-order valence-corrected chi connectivity index (χ1v) is 3.61. The number of rotatable bonds is 4. The molecule has 0 aromatic carbocycles. The van der Waals surface area contributed by atoms with E-state index in [4.69, 9.17) is 16.7 Å². The zero-order chi connectivity index (χ0) is 7.98. The van der Waals surface area contributed by atoms with Gasteiger partial charge in [0.2, 0.25) is 5.56 Å². The number of hydrogen-bond acceptors (Lipinski definition) is 3. The van der Waals surface area contributed by atoms with Crippen molar-refractivity contribution in [1.29, 1.82) is 0 Å². The van der Waals surface area contributed by atoms with Crippen LogP contribution in [0.15, 0.2) is 0 Å². The van der Waals surface area contributed by atoms with Gasteiger partial charge in [0.05, 0.1) is 6.61 Å². The molecule has 1 N–H and O–H groups in total. The molecule has 0 spiro atoms. The Morgan fingerprint density at radius 3 is 2.80 bits per heavy atom. The second-order valence-electron chi connectivity index (χ2n) is 1.86. The first-order valence-electron chi connectivity index (χ1n) is 3.17. The van der Waals surface area contributed by atoms with Gasteiger partial charge in [0, 0.05) is 0 Å². The van der Waals surface area contributed by atoms with Gasteiger partial charge in [0.25, 0.3) is 0 Å². The molecule has 0 aliphatic heterocycles. The maximum Gasteiger partial charge on any atom is 0.350 e. The van der Waals surface area contributed by atoms with E-state index in [0.717, 1.165) is 12.8 Å². The smallest absolute Gasteiger partial charge is 0.350 e. The van der Waals surface area contributed by atoms with Crippen LogP contribution in [-0.4, -0.2) is 23.2 Å². The van der Waals surface area contributed by atoms with Crippen molar-refractivity contribution < 1.29 is 14.6 Å². The molecule has 0 saturated heterocycles. The van der Waals surface area contributed by atoms with E-state index < -0.39 is 11.5 Å². The van der Waals surface area contributed by atoms with Crippen LogP contribution in [0.5, 0.6) is 0 Å². The number of aliphatic hydroxyl groups excluding tert-OH is 1. The van der Waals surface area contributed by atoms with Crippen molar-refractivity contribution in [2.45, 2.75) is 25.3 Å². The van der Waals surface area contributed by atoms with Gasteiger partial charge in [-0.3, -0.25) is 0 Å². The van der Waals surface area contributed by atoms with Crippen LogP contribution in [0.4, 0.5) is 0 Å². The third-order valence-electron chi connectivity index (χ3n) is 0.937. The number of hydrogen-bond donors (Lipinski definition) is 1. The van der Waals surface area contributed by atoms with Crippen molar-refractivity contribution in [3.05, 3.63) is 0 Å². The summed E-state index contributed by atoms with van der Waals surface area (Å²) in [5.74, 6) is -0.768. The van der Waals surface area contributed by atoms with E-state index >= 15 is 0 Å². The summed E-state index contributed by atoms with van der Waals surface area (Å²) in [5.41, 5.74) is -1.52. The molecule has 60 valence electrons. The highest BCUT2D eigenvalue weighted by atomic mass is 35.5. The molecule has 0 amide bonds. The number of aliphatic hydroxyl groups is 1. The molecule has 1 atom stereocenters. The molecule has 0 radical (unpaired) electrons. The normalized spacial score (nSPS) is 12.7. The summed E-state index contributed by atoms with van der Waals surface area (Å²) in [6.07, 6.45) is 1.75. The lowest BCUT2D eigenvalue weighted by molar-refractivity contribution is -0.149. The van der Waals surface area contributed by atoms with E-state index in [2.05, 4.69) is 4.74 Å². The summed E-state index contributed by atoms with van der Waals surface area (Å²) >= 11 is 4.99. The number of ether oxygens (including phenoxy) is 1. The maximum atomic E-state index is 10.4. The van der Waals surface area contributed by atoms with Crippen LogP contribution in [0.2, 0.25) is 0 Å². The summed E-state index contributed by atoms with van der Waals surface area (Å²) in [7, 11) is 0. The molecule has 4 heteroatoms. The average molecular weight is 167 g/mol. The Morgan fingerprint density at radius 1 is 1.80 bits per heavy atom. The first kappa shape index (κ1) is 9.72. The zero-order valence-corrected chi connectivity index (χ0v) is 6.60. The van der Waals surface area contributed by atoms with Crippen LogP contribution >= 0.6 is 11.6 Å². The van der Waals surface area contributed by atoms with E-state index in [1.807, 2.05) is 6.92 Å². The van der Waals surface area contributed by atoms with Crippen molar-refractivity contribution >= 4 is 17.6 Å². The molecule has 0 aliphatic carbocycles. The minimum atomic E-state index is -1.52. The standard InChI is InChI=1S/C6H11ClO3/c1-2-3-4-10-6(9)5(7)8/h5,8H,2-4H2,1H3. The van der Waals surface area contributed by atoms with E-state index in [9.17, 15) is 4.79 Å². The fraction of sp³-hybridized carbons (Fsp3) is 0.833. The van der Waals surface area contributed by atoms with Gasteiger partial charge in [-0.25, -0.2) is 4.79 Å². The quantitative estimate of drug-likeness (QED) is 0.383. The van der Waals surface area contributed by atoms with Crippen LogP contribution in [-0.2, 0) is 9.53 Å². The van der Waals surface area contributed by atoms with Crippen LogP contribution < -0.4 is 0 Å². The molecule has 0 heterocycles. The summed E-state index contributed by atoms with van der Waals surface area (Å²) < 4.78 is 4.52. The SMILES string of the molecule is CCCCOC(=O)C(O)Cl. The molecule has 0 fully saturated rings. The molecule has 10 heavy (non-hydrogen) atoms. The molecule has 0 saturated carbocycles. The predicted octanol–water partition coefficient (Wildman–Crippen LogP) is 0.887. The van der Waals surface area contributed by atoms with Crippen LogP contribution in [0.3, 0.4) is 0 Å². The lowest BCUT2D eigenvalue weighted by Crippen LogP contribution is -2.17. The van der Waals surface area contributed by atoms with Crippen molar-refractivity contribution in [3.8, 4) is 0 Å². The van der Waals surface area contributed by atoms with Gasteiger partial charge in [-0.2, -0.15) is 0 Å². The topological polar surface area (TPSA) is 46.5 Å². The van der Waals surface area contributed by atoms with Gasteiger partial charge < -0.3 is 9.84 Å². The van der Waals surface area contributed by atoms with Crippen molar-refractivity contribution in [2.75, 3.05) is 6.61 Å². The lowest BCUT2D eigenvalue weighted by atomic mass is 10.4. The average Bonchev–Trinajstić information content (AvgIpc) is 1.88. The third kappa shape index (κ3) is 4.58. The molecular formula is C6H11ClO3. The lowest BCUT2D eigenvalue weighted by Gasteiger charge is -2.02. The van der Waals surface area contributed by atoms with Gasteiger partial charge in [-0.1, -0.05) is 24.9 Å². The number of alkyl halides is 1. The highest BCUT2D eigenvalue weighted by molar-refractivity contribution is 6.28. The largest absolute Gasteiger partial charge is 0.463 e. The Labute approximate surface area is 64.9 Å². The van der Waals surface area contributed by atoms with E-state index in [0.29, 0.717) is 6.61 Å². The summed E-state index contributed by atoms with van der Waals surface area (Å²) in [5, 5.41) is 8.41. The van der Waals surface area contributed by atoms with Gasteiger partial charge in [0.1, 0.15) is 0 Å². The van der Waals surface area contributed by atoms with Gasteiger partial charge in [-0.05, 0) is 6.42 Å². The summed E-state index contributed by atoms with van der Waals surface area (Å²) in [6.45, 7) is 2.31.